The summed E-state index contributed by atoms with van der Waals surface area (Å²) in [4.78, 5) is 18.6. The first kappa shape index (κ1) is 22.4. The highest BCUT2D eigenvalue weighted by Crippen LogP contribution is 2.10. The summed E-state index contributed by atoms with van der Waals surface area (Å²) in [5.74, 6) is -0.186. The molecule has 9 heteroatoms. The number of ether oxygens (including phenoxy) is 1. The molecule has 2 aromatic rings. The molecular formula is C21H27N3O5S. The van der Waals surface area contributed by atoms with Gasteiger partial charge in [0.15, 0.2) is 5.75 Å². The number of aliphatic hydroxyl groups excluding tert-OH is 1. The first-order valence-corrected chi connectivity index (χ1v) is 11.3. The number of allylic oxidation sites excluding steroid dienone is 1. The van der Waals surface area contributed by atoms with Gasteiger partial charge in [0.1, 0.15) is 11.5 Å². The molecule has 1 unspecified atom stereocenters. The first-order valence-electron chi connectivity index (χ1n) is 9.83. The molecule has 8 nitrogen and oxygen atoms in total. The van der Waals surface area contributed by atoms with E-state index in [-0.39, 0.29) is 29.7 Å². The summed E-state index contributed by atoms with van der Waals surface area (Å²) >= 11 is -1.33. The highest BCUT2D eigenvalue weighted by atomic mass is 32.2. The van der Waals surface area contributed by atoms with Crippen LogP contribution in [-0.2, 0) is 39.4 Å². The molecule has 1 aliphatic rings. The molecule has 30 heavy (non-hydrogen) atoms. The van der Waals surface area contributed by atoms with Crippen LogP contribution in [0.1, 0.15) is 16.8 Å². The number of hydrogen-bond donors (Lipinski definition) is 2. The lowest BCUT2D eigenvalue weighted by Crippen LogP contribution is -2.35. The number of furan rings is 1. The molecule has 1 saturated heterocycles. The van der Waals surface area contributed by atoms with Gasteiger partial charge in [0.2, 0.25) is 0 Å². The fraction of sp³-hybridized carbons (Fsp3) is 0.429. The van der Waals surface area contributed by atoms with Gasteiger partial charge in [0.05, 0.1) is 32.3 Å². The Labute approximate surface area is 179 Å². The van der Waals surface area contributed by atoms with Crippen molar-refractivity contribution in [1.82, 2.24) is 15.2 Å². The van der Waals surface area contributed by atoms with Crippen molar-refractivity contribution in [1.29, 1.82) is 0 Å². The summed E-state index contributed by atoms with van der Waals surface area (Å²) in [5, 5.41) is 12.6. The summed E-state index contributed by atoms with van der Waals surface area (Å²) in [5.41, 5.74) is 2.80. The minimum Gasteiger partial charge on any atom is -0.616 e. The van der Waals surface area contributed by atoms with Crippen molar-refractivity contribution in [2.75, 3.05) is 38.6 Å². The van der Waals surface area contributed by atoms with Crippen molar-refractivity contribution in [2.24, 2.45) is 0 Å². The number of nitrogens with one attached hydrogen (secondary N) is 1. The Bertz CT molecular complexity index is 822. The van der Waals surface area contributed by atoms with Gasteiger partial charge in [-0.05, 0) is 41.0 Å². The Kier molecular flexibility index (Phi) is 8.76. The van der Waals surface area contributed by atoms with Crippen LogP contribution in [0.15, 0.2) is 53.2 Å². The third-order valence-corrected chi connectivity index (χ3v) is 5.84. The maximum atomic E-state index is 12.0. The van der Waals surface area contributed by atoms with E-state index in [1.165, 1.54) is 18.1 Å². The number of amides is 1. The van der Waals surface area contributed by atoms with E-state index >= 15 is 0 Å². The predicted octanol–water partition coefficient (Wildman–Crippen LogP) is 1.56. The Morgan fingerprint density at radius 1 is 1.33 bits per heavy atom. The van der Waals surface area contributed by atoms with Crippen molar-refractivity contribution in [3.63, 3.8) is 0 Å². The molecule has 0 saturated carbocycles. The third kappa shape index (κ3) is 7.83. The van der Waals surface area contributed by atoms with Crippen LogP contribution in [0, 0.1) is 0 Å². The van der Waals surface area contributed by atoms with Crippen molar-refractivity contribution in [2.45, 2.75) is 18.7 Å². The quantitative estimate of drug-likeness (QED) is 0.432. The third-order valence-electron chi connectivity index (χ3n) is 4.60. The molecule has 2 aromatic heterocycles. The van der Waals surface area contributed by atoms with E-state index in [0.29, 0.717) is 6.42 Å². The molecule has 3 rings (SSSR count). The number of morpholine rings is 1. The van der Waals surface area contributed by atoms with E-state index in [1.54, 1.807) is 18.3 Å². The highest BCUT2D eigenvalue weighted by molar-refractivity contribution is 7.91. The topological polar surface area (TPSA) is 111 Å². The normalized spacial score (nSPS) is 16.4. The van der Waals surface area contributed by atoms with Crippen LogP contribution >= 0.6 is 0 Å². The van der Waals surface area contributed by atoms with Gasteiger partial charge in [0, 0.05) is 43.5 Å². The molecule has 1 fully saturated rings. The summed E-state index contributed by atoms with van der Waals surface area (Å²) in [6.45, 7) is 4.21. The van der Waals surface area contributed by atoms with Gasteiger partial charge >= 0.3 is 0 Å². The summed E-state index contributed by atoms with van der Waals surface area (Å²) in [7, 11) is 0. The van der Waals surface area contributed by atoms with E-state index < -0.39 is 11.2 Å². The zero-order valence-corrected chi connectivity index (χ0v) is 17.6. The number of carbonyl (C=O) groups is 1. The molecule has 162 valence electrons. The van der Waals surface area contributed by atoms with Crippen LogP contribution in [0.4, 0.5) is 0 Å². The number of carbonyl (C=O) groups excluding carboxylic acids is 1. The average molecular weight is 434 g/mol. The zero-order valence-electron chi connectivity index (χ0n) is 16.8. The van der Waals surface area contributed by atoms with Crippen LogP contribution in [-0.4, -0.2) is 64.1 Å². The summed E-state index contributed by atoms with van der Waals surface area (Å²) in [6, 6.07) is 5.73. The van der Waals surface area contributed by atoms with E-state index in [4.69, 9.17) is 9.15 Å². The minimum absolute atomic E-state index is 0.00475. The van der Waals surface area contributed by atoms with E-state index in [9.17, 15) is 14.5 Å². The molecule has 0 bridgehead atoms. The van der Waals surface area contributed by atoms with Gasteiger partial charge < -0.3 is 24.1 Å². The Morgan fingerprint density at radius 2 is 2.17 bits per heavy atom. The van der Waals surface area contributed by atoms with Crippen LogP contribution in [0.5, 0.6) is 0 Å². The molecule has 1 atom stereocenters. The number of hydrogen-bond acceptors (Lipinski definition) is 7. The highest BCUT2D eigenvalue weighted by Gasteiger charge is 2.15. The van der Waals surface area contributed by atoms with Crippen LogP contribution < -0.4 is 5.32 Å². The zero-order chi connectivity index (χ0) is 21.2. The number of pyridine rings is 1. The lowest BCUT2D eigenvalue weighted by atomic mass is 10.1. The van der Waals surface area contributed by atoms with E-state index in [1.807, 2.05) is 12.1 Å². The Hall–Kier alpha value is -2.33. The smallest absolute Gasteiger partial charge is 0.270 e. The number of nitrogens with zero attached hydrogens (tertiary/aromatic N) is 2. The van der Waals surface area contributed by atoms with Gasteiger partial charge in [-0.15, -0.1) is 0 Å². The molecule has 0 aliphatic carbocycles. The molecular weight excluding hydrogens is 406 g/mol. The Balaban J connectivity index is 1.40. The fourth-order valence-electron chi connectivity index (χ4n) is 3.05. The summed E-state index contributed by atoms with van der Waals surface area (Å²) in [6.07, 6.45) is 6.87. The second-order valence-corrected chi connectivity index (χ2v) is 8.54. The van der Waals surface area contributed by atoms with Gasteiger partial charge in [-0.2, -0.15) is 0 Å². The number of rotatable bonds is 10. The van der Waals surface area contributed by atoms with E-state index in [2.05, 4.69) is 15.2 Å². The standard InChI is InChI=1S/C21H27N3O5S/c25-20(12-23-21(26)16-30(27)15-18-4-8-29-14-18)2-1-19-11-17(3-5-22-19)13-24-6-9-28-10-7-24/h2-5,8,11,14,25H,1,6-7,9-10,12-13,15-16H2,(H,23,26). The molecule has 0 aromatic carbocycles. The van der Waals surface area contributed by atoms with Gasteiger partial charge in [-0.1, -0.05) is 0 Å². The van der Waals surface area contributed by atoms with Gasteiger partial charge in [0.25, 0.3) is 5.91 Å². The first-order chi connectivity index (χ1) is 14.6. The molecule has 0 spiro atoms. The molecule has 2 N–H and O–H groups in total. The molecule has 3 heterocycles. The second kappa shape index (κ2) is 11.8. The van der Waals surface area contributed by atoms with Crippen LogP contribution in [0.3, 0.4) is 0 Å². The van der Waals surface area contributed by atoms with Crippen LogP contribution in [0.25, 0.3) is 0 Å². The number of aliphatic hydroxyl groups is 1. The average Bonchev–Trinajstić information content (AvgIpc) is 3.24. The van der Waals surface area contributed by atoms with Crippen molar-refractivity contribution in [3.8, 4) is 0 Å². The van der Waals surface area contributed by atoms with Crippen molar-refractivity contribution < 1.29 is 23.6 Å². The largest absolute Gasteiger partial charge is 0.616 e. The predicted molar refractivity (Wildman–Crippen MR) is 113 cm³/mol. The fourth-order valence-corrected chi connectivity index (χ4v) is 4.08. The number of aromatic nitrogens is 1. The van der Waals surface area contributed by atoms with Crippen molar-refractivity contribution in [3.05, 3.63) is 65.6 Å². The lowest BCUT2D eigenvalue weighted by molar-refractivity contribution is -0.118. The maximum Gasteiger partial charge on any atom is 0.270 e. The van der Waals surface area contributed by atoms with Gasteiger partial charge in [-0.3, -0.25) is 14.7 Å². The Morgan fingerprint density at radius 3 is 2.93 bits per heavy atom. The van der Waals surface area contributed by atoms with Crippen LogP contribution in [0.2, 0.25) is 0 Å². The second-order valence-electron chi connectivity index (χ2n) is 7.08. The molecule has 1 aliphatic heterocycles. The minimum atomic E-state index is -1.33. The maximum absolute atomic E-state index is 12.0. The molecule has 0 radical (unpaired) electrons. The van der Waals surface area contributed by atoms with E-state index in [0.717, 1.165) is 44.1 Å². The lowest BCUT2D eigenvalue weighted by Gasteiger charge is -2.26. The van der Waals surface area contributed by atoms with Gasteiger partial charge in [-0.25, -0.2) is 0 Å². The monoisotopic (exact) mass is 433 g/mol. The van der Waals surface area contributed by atoms with Crippen molar-refractivity contribution >= 4 is 17.1 Å². The summed E-state index contributed by atoms with van der Waals surface area (Å²) < 4.78 is 22.3. The molecule has 1 amide bonds. The SMILES string of the molecule is O=C(C[S+]([O-])Cc1ccoc1)NCC(O)=CCc1cc(CN2CCOCC2)ccn1.